The first kappa shape index (κ1) is 14.7. The summed E-state index contributed by atoms with van der Waals surface area (Å²) in [5, 5.41) is 0. The van der Waals surface area contributed by atoms with E-state index in [1.807, 2.05) is 0 Å². The van der Waals surface area contributed by atoms with E-state index in [0.717, 1.165) is 32.5 Å². The van der Waals surface area contributed by atoms with Gasteiger partial charge in [0, 0.05) is 38.1 Å². The SMILES string of the molecule is CC(C)N1CC2(CC(CCOc3cnccn3)CCO2)C1. The van der Waals surface area contributed by atoms with Crippen LogP contribution in [0.15, 0.2) is 18.6 Å². The smallest absolute Gasteiger partial charge is 0.232 e. The normalized spacial score (nSPS) is 25.0. The average molecular weight is 291 g/mol. The topological polar surface area (TPSA) is 47.5 Å². The molecule has 0 aromatic carbocycles. The lowest BCUT2D eigenvalue weighted by Crippen LogP contribution is -2.66. The van der Waals surface area contributed by atoms with E-state index in [2.05, 4.69) is 28.7 Å². The molecule has 1 spiro atoms. The lowest BCUT2D eigenvalue weighted by Gasteiger charge is -2.55. The number of hydrogen-bond acceptors (Lipinski definition) is 5. The first-order chi connectivity index (χ1) is 10.2. The summed E-state index contributed by atoms with van der Waals surface area (Å²) in [5.74, 6) is 1.32. The Hall–Kier alpha value is -1.20. The fourth-order valence-electron chi connectivity index (χ4n) is 3.35. The van der Waals surface area contributed by atoms with Crippen molar-refractivity contribution in [3.05, 3.63) is 18.6 Å². The van der Waals surface area contributed by atoms with Crippen molar-refractivity contribution in [3.8, 4) is 5.88 Å². The van der Waals surface area contributed by atoms with Crippen LogP contribution in [0.4, 0.5) is 0 Å². The van der Waals surface area contributed by atoms with Gasteiger partial charge in [0.15, 0.2) is 0 Å². The number of likely N-dealkylation sites (tertiary alicyclic amines) is 1. The largest absolute Gasteiger partial charge is 0.477 e. The molecule has 3 heterocycles. The Labute approximate surface area is 126 Å². The molecule has 0 radical (unpaired) electrons. The van der Waals surface area contributed by atoms with Gasteiger partial charge in [-0.15, -0.1) is 0 Å². The first-order valence-corrected chi connectivity index (χ1v) is 7.94. The van der Waals surface area contributed by atoms with E-state index in [1.165, 1.54) is 6.42 Å². The van der Waals surface area contributed by atoms with Gasteiger partial charge < -0.3 is 9.47 Å². The molecule has 1 atom stereocenters. The summed E-state index contributed by atoms with van der Waals surface area (Å²) >= 11 is 0. The van der Waals surface area contributed by atoms with Crippen molar-refractivity contribution in [3.63, 3.8) is 0 Å². The van der Waals surface area contributed by atoms with E-state index in [1.54, 1.807) is 18.6 Å². The summed E-state index contributed by atoms with van der Waals surface area (Å²) in [7, 11) is 0. The zero-order valence-electron chi connectivity index (χ0n) is 13.0. The lowest BCUT2D eigenvalue weighted by molar-refractivity contribution is -0.186. The second kappa shape index (κ2) is 6.28. The zero-order chi connectivity index (χ0) is 14.7. The van der Waals surface area contributed by atoms with Gasteiger partial charge >= 0.3 is 0 Å². The lowest BCUT2D eigenvalue weighted by atomic mass is 9.79. The highest BCUT2D eigenvalue weighted by atomic mass is 16.5. The van der Waals surface area contributed by atoms with E-state index >= 15 is 0 Å². The maximum Gasteiger partial charge on any atom is 0.232 e. The highest BCUT2D eigenvalue weighted by Gasteiger charge is 2.47. The van der Waals surface area contributed by atoms with Crippen molar-refractivity contribution in [1.29, 1.82) is 0 Å². The minimum atomic E-state index is 0.125. The maximum absolute atomic E-state index is 6.07. The quantitative estimate of drug-likeness (QED) is 0.832. The fraction of sp³-hybridized carbons (Fsp3) is 0.750. The molecule has 0 saturated carbocycles. The number of nitrogens with zero attached hydrogens (tertiary/aromatic N) is 3. The van der Waals surface area contributed by atoms with Crippen molar-refractivity contribution >= 4 is 0 Å². The molecule has 0 aliphatic carbocycles. The van der Waals surface area contributed by atoms with Crippen molar-refractivity contribution in [2.24, 2.45) is 5.92 Å². The zero-order valence-corrected chi connectivity index (χ0v) is 13.0. The van der Waals surface area contributed by atoms with Gasteiger partial charge in [0.1, 0.15) is 0 Å². The molecule has 1 unspecified atom stereocenters. The van der Waals surface area contributed by atoms with E-state index in [0.29, 0.717) is 24.4 Å². The number of ether oxygens (including phenoxy) is 2. The van der Waals surface area contributed by atoms with Crippen LogP contribution in [-0.4, -0.2) is 52.8 Å². The Bertz CT molecular complexity index is 446. The van der Waals surface area contributed by atoms with Crippen molar-refractivity contribution in [2.75, 3.05) is 26.3 Å². The van der Waals surface area contributed by atoms with Gasteiger partial charge in [-0.2, -0.15) is 0 Å². The summed E-state index contributed by atoms with van der Waals surface area (Å²) in [6.07, 6.45) is 8.37. The van der Waals surface area contributed by atoms with Gasteiger partial charge in [-0.1, -0.05) is 0 Å². The van der Waals surface area contributed by atoms with Crippen LogP contribution in [-0.2, 0) is 4.74 Å². The molecule has 21 heavy (non-hydrogen) atoms. The van der Waals surface area contributed by atoms with E-state index < -0.39 is 0 Å². The first-order valence-electron chi connectivity index (χ1n) is 7.94. The molecule has 3 rings (SSSR count). The molecule has 0 amide bonds. The van der Waals surface area contributed by atoms with Crippen LogP contribution in [0.5, 0.6) is 5.88 Å². The predicted octanol–water partition coefficient (Wildman–Crippen LogP) is 2.13. The van der Waals surface area contributed by atoms with Crippen LogP contribution < -0.4 is 4.74 Å². The standard InChI is InChI=1S/C16H25N3O2/c1-13(2)19-11-16(12-19)9-14(4-8-21-16)3-7-20-15-10-17-5-6-18-15/h5-6,10,13-14H,3-4,7-9,11-12H2,1-2H3. The molecule has 1 aromatic heterocycles. The summed E-state index contributed by atoms with van der Waals surface area (Å²) in [4.78, 5) is 10.6. The minimum absolute atomic E-state index is 0.125. The van der Waals surface area contributed by atoms with Crippen LogP contribution in [0.3, 0.4) is 0 Å². The number of aromatic nitrogens is 2. The van der Waals surface area contributed by atoms with Gasteiger partial charge in [0.2, 0.25) is 5.88 Å². The molecule has 2 aliphatic heterocycles. The van der Waals surface area contributed by atoms with Crippen molar-refractivity contribution in [1.82, 2.24) is 14.9 Å². The monoisotopic (exact) mass is 291 g/mol. The van der Waals surface area contributed by atoms with Crippen LogP contribution in [0, 0.1) is 5.92 Å². The Morgan fingerprint density at radius 3 is 3.00 bits per heavy atom. The van der Waals surface area contributed by atoms with Crippen LogP contribution in [0.2, 0.25) is 0 Å². The van der Waals surface area contributed by atoms with Gasteiger partial charge in [0.05, 0.1) is 18.4 Å². The molecule has 5 nitrogen and oxygen atoms in total. The highest BCUT2D eigenvalue weighted by molar-refractivity contribution is 5.02. The molecule has 0 bridgehead atoms. The second-order valence-electron chi connectivity index (χ2n) is 6.57. The third kappa shape index (κ3) is 3.52. The van der Waals surface area contributed by atoms with Crippen LogP contribution >= 0.6 is 0 Å². The Morgan fingerprint density at radius 2 is 2.29 bits per heavy atom. The molecule has 0 N–H and O–H groups in total. The molecule has 2 fully saturated rings. The average Bonchev–Trinajstić information content (AvgIpc) is 2.46. The van der Waals surface area contributed by atoms with E-state index in [-0.39, 0.29) is 5.60 Å². The molecule has 1 aromatic rings. The molecular weight excluding hydrogens is 266 g/mol. The summed E-state index contributed by atoms with van der Waals surface area (Å²) in [6.45, 7) is 8.29. The number of hydrogen-bond donors (Lipinski definition) is 0. The fourth-order valence-corrected chi connectivity index (χ4v) is 3.35. The van der Waals surface area contributed by atoms with Gasteiger partial charge in [-0.05, 0) is 39.0 Å². The summed E-state index contributed by atoms with van der Waals surface area (Å²) in [5.41, 5.74) is 0.125. The minimum Gasteiger partial charge on any atom is -0.477 e. The van der Waals surface area contributed by atoms with Gasteiger partial charge in [0.25, 0.3) is 0 Å². The summed E-state index contributed by atoms with van der Waals surface area (Å²) in [6, 6.07) is 0.625. The van der Waals surface area contributed by atoms with Crippen molar-refractivity contribution in [2.45, 2.75) is 44.8 Å². The Morgan fingerprint density at radius 1 is 1.43 bits per heavy atom. The highest BCUT2D eigenvalue weighted by Crippen LogP contribution is 2.38. The predicted molar refractivity (Wildman–Crippen MR) is 80.3 cm³/mol. The van der Waals surface area contributed by atoms with Crippen molar-refractivity contribution < 1.29 is 9.47 Å². The Balaban J connectivity index is 1.42. The van der Waals surface area contributed by atoms with Crippen LogP contribution in [0.25, 0.3) is 0 Å². The molecule has 2 saturated heterocycles. The Kier molecular flexibility index (Phi) is 4.40. The van der Waals surface area contributed by atoms with E-state index in [9.17, 15) is 0 Å². The molecule has 2 aliphatic rings. The van der Waals surface area contributed by atoms with E-state index in [4.69, 9.17) is 9.47 Å². The van der Waals surface area contributed by atoms with Gasteiger partial charge in [-0.25, -0.2) is 4.98 Å². The molecule has 5 heteroatoms. The van der Waals surface area contributed by atoms with Crippen LogP contribution in [0.1, 0.15) is 33.1 Å². The van der Waals surface area contributed by atoms with Gasteiger partial charge in [-0.3, -0.25) is 9.88 Å². The second-order valence-corrected chi connectivity index (χ2v) is 6.57. The number of rotatable bonds is 5. The summed E-state index contributed by atoms with van der Waals surface area (Å²) < 4.78 is 11.7. The third-order valence-electron chi connectivity index (χ3n) is 4.62. The third-order valence-corrected chi connectivity index (χ3v) is 4.62. The molecule has 116 valence electrons. The maximum atomic E-state index is 6.07. The molecular formula is C16H25N3O2.